The molecule has 2 aromatic carbocycles. The predicted octanol–water partition coefficient (Wildman–Crippen LogP) is 4.75. The normalized spacial score (nSPS) is 10.9. The Bertz CT molecular complexity index is 662. The largest absolute Gasteiger partial charge is 0.298 e. The topological polar surface area (TPSA) is 46.4 Å². The molecule has 0 saturated carbocycles. The second-order valence-corrected chi connectivity index (χ2v) is 6.62. The molecule has 0 atom stereocenters. The third-order valence-electron chi connectivity index (χ3n) is 3.00. The number of rotatable bonds is 5. The van der Waals surface area contributed by atoms with E-state index < -0.39 is 0 Å². The van der Waals surface area contributed by atoms with Gasteiger partial charge in [0, 0.05) is 23.6 Å². The Morgan fingerprint density at radius 1 is 1.10 bits per heavy atom. The second kappa shape index (κ2) is 7.15. The quantitative estimate of drug-likeness (QED) is 0.524. The minimum Gasteiger partial charge on any atom is -0.298 e. The van der Waals surface area contributed by atoms with Gasteiger partial charge in [-0.2, -0.15) is 0 Å². The van der Waals surface area contributed by atoms with Gasteiger partial charge in [-0.15, -0.1) is 0 Å². The Balaban J connectivity index is 2.07. The molecule has 0 radical (unpaired) electrons. The zero-order valence-electron chi connectivity index (χ0n) is 11.4. The SMILES string of the molecule is CN(Cc1cccc(Br)c1)Cc1ccc(Br)c([N+](=O)[O-])c1. The van der Waals surface area contributed by atoms with Crippen LogP contribution in [0.3, 0.4) is 0 Å². The van der Waals surface area contributed by atoms with E-state index in [-0.39, 0.29) is 10.6 Å². The summed E-state index contributed by atoms with van der Waals surface area (Å²) in [6, 6.07) is 13.3. The zero-order chi connectivity index (χ0) is 15.4. The van der Waals surface area contributed by atoms with Gasteiger partial charge >= 0.3 is 0 Å². The third-order valence-corrected chi connectivity index (χ3v) is 4.17. The highest BCUT2D eigenvalue weighted by molar-refractivity contribution is 9.10. The molecule has 0 fully saturated rings. The Morgan fingerprint density at radius 2 is 1.76 bits per heavy atom. The van der Waals surface area contributed by atoms with Crippen LogP contribution in [0.15, 0.2) is 51.4 Å². The number of hydrogen-bond acceptors (Lipinski definition) is 3. The lowest BCUT2D eigenvalue weighted by Crippen LogP contribution is -2.17. The molecule has 0 heterocycles. The van der Waals surface area contributed by atoms with Crippen molar-refractivity contribution in [2.75, 3.05) is 7.05 Å². The summed E-state index contributed by atoms with van der Waals surface area (Å²) in [7, 11) is 1.99. The lowest BCUT2D eigenvalue weighted by atomic mass is 10.1. The van der Waals surface area contributed by atoms with Crippen LogP contribution in [-0.4, -0.2) is 16.9 Å². The first-order valence-electron chi connectivity index (χ1n) is 6.31. The Labute approximate surface area is 140 Å². The molecule has 0 saturated heterocycles. The number of nitro groups is 1. The molecule has 0 bridgehead atoms. The van der Waals surface area contributed by atoms with E-state index in [2.05, 4.69) is 48.9 Å². The number of nitrogens with zero attached hydrogens (tertiary/aromatic N) is 2. The van der Waals surface area contributed by atoms with Crippen LogP contribution in [0.1, 0.15) is 11.1 Å². The van der Waals surface area contributed by atoms with Crippen molar-refractivity contribution >= 4 is 37.5 Å². The van der Waals surface area contributed by atoms with Gasteiger partial charge in [0.05, 0.1) is 9.40 Å². The van der Waals surface area contributed by atoms with Gasteiger partial charge < -0.3 is 0 Å². The molecule has 0 aromatic heterocycles. The van der Waals surface area contributed by atoms with Crippen LogP contribution >= 0.6 is 31.9 Å². The summed E-state index contributed by atoms with van der Waals surface area (Å²) in [5.74, 6) is 0. The van der Waals surface area contributed by atoms with Gasteiger partial charge in [0.15, 0.2) is 0 Å². The predicted molar refractivity (Wildman–Crippen MR) is 90.1 cm³/mol. The van der Waals surface area contributed by atoms with Crippen molar-refractivity contribution in [1.29, 1.82) is 0 Å². The van der Waals surface area contributed by atoms with Crippen molar-refractivity contribution in [2.45, 2.75) is 13.1 Å². The van der Waals surface area contributed by atoms with Gasteiger partial charge in [0.2, 0.25) is 0 Å². The van der Waals surface area contributed by atoms with E-state index in [0.29, 0.717) is 11.0 Å². The van der Waals surface area contributed by atoms with Crippen molar-refractivity contribution in [3.63, 3.8) is 0 Å². The molecule has 4 nitrogen and oxygen atoms in total. The molecular formula is C15H14Br2N2O2. The molecule has 110 valence electrons. The highest BCUT2D eigenvalue weighted by Crippen LogP contribution is 2.26. The average Bonchev–Trinajstić information content (AvgIpc) is 2.40. The fraction of sp³-hybridized carbons (Fsp3) is 0.200. The van der Waals surface area contributed by atoms with Gasteiger partial charge in [0.1, 0.15) is 0 Å². The first kappa shape index (κ1) is 16.1. The summed E-state index contributed by atoms with van der Waals surface area (Å²) in [4.78, 5) is 12.7. The molecule has 0 aliphatic heterocycles. The molecule has 2 aromatic rings. The number of nitro benzene ring substituents is 1. The van der Waals surface area contributed by atoms with Crippen molar-refractivity contribution < 1.29 is 4.92 Å². The van der Waals surface area contributed by atoms with Crippen molar-refractivity contribution in [3.8, 4) is 0 Å². The van der Waals surface area contributed by atoms with Crippen LogP contribution in [0.25, 0.3) is 0 Å². The maximum absolute atomic E-state index is 10.9. The molecule has 21 heavy (non-hydrogen) atoms. The lowest BCUT2D eigenvalue weighted by molar-refractivity contribution is -0.385. The van der Waals surface area contributed by atoms with Gasteiger partial charge in [-0.3, -0.25) is 15.0 Å². The molecule has 0 aliphatic rings. The van der Waals surface area contributed by atoms with E-state index in [0.717, 1.165) is 16.6 Å². The fourth-order valence-electron chi connectivity index (χ4n) is 2.11. The minimum absolute atomic E-state index is 0.100. The zero-order valence-corrected chi connectivity index (χ0v) is 14.6. The Hall–Kier alpha value is -1.24. The summed E-state index contributed by atoms with van der Waals surface area (Å²) in [6.45, 7) is 1.43. The molecule has 0 aliphatic carbocycles. The van der Waals surface area contributed by atoms with E-state index in [1.807, 2.05) is 25.2 Å². The number of halogens is 2. The molecule has 6 heteroatoms. The second-order valence-electron chi connectivity index (χ2n) is 4.85. The summed E-state index contributed by atoms with van der Waals surface area (Å²) in [5, 5.41) is 10.9. The molecule has 2 rings (SSSR count). The van der Waals surface area contributed by atoms with E-state index in [4.69, 9.17) is 0 Å². The van der Waals surface area contributed by atoms with E-state index in [1.54, 1.807) is 12.1 Å². The molecule has 0 spiro atoms. The number of benzene rings is 2. The smallest absolute Gasteiger partial charge is 0.283 e. The maximum atomic E-state index is 10.9. The van der Waals surface area contributed by atoms with E-state index in [9.17, 15) is 10.1 Å². The summed E-state index contributed by atoms with van der Waals surface area (Å²) in [6.07, 6.45) is 0. The molecular weight excluding hydrogens is 400 g/mol. The van der Waals surface area contributed by atoms with Gasteiger partial charge in [-0.05, 0) is 52.3 Å². The van der Waals surface area contributed by atoms with Gasteiger partial charge in [-0.25, -0.2) is 0 Å². The Morgan fingerprint density at radius 3 is 2.38 bits per heavy atom. The molecule has 0 amide bonds. The van der Waals surface area contributed by atoms with Crippen LogP contribution in [0.5, 0.6) is 0 Å². The summed E-state index contributed by atoms with van der Waals surface area (Å²) >= 11 is 6.65. The maximum Gasteiger partial charge on any atom is 0.283 e. The van der Waals surface area contributed by atoms with E-state index >= 15 is 0 Å². The standard InChI is InChI=1S/C15H14Br2N2O2/c1-18(9-11-3-2-4-13(16)7-11)10-12-5-6-14(17)15(8-12)19(20)21/h2-8H,9-10H2,1H3. The van der Waals surface area contributed by atoms with Crippen molar-refractivity contribution in [2.24, 2.45) is 0 Å². The fourth-order valence-corrected chi connectivity index (χ4v) is 2.95. The van der Waals surface area contributed by atoms with Crippen LogP contribution in [0, 0.1) is 10.1 Å². The van der Waals surface area contributed by atoms with Gasteiger partial charge in [0.25, 0.3) is 5.69 Å². The first-order valence-corrected chi connectivity index (χ1v) is 7.90. The van der Waals surface area contributed by atoms with Crippen molar-refractivity contribution in [1.82, 2.24) is 4.90 Å². The highest BCUT2D eigenvalue weighted by Gasteiger charge is 2.13. The van der Waals surface area contributed by atoms with Crippen LogP contribution in [-0.2, 0) is 13.1 Å². The van der Waals surface area contributed by atoms with Crippen LogP contribution in [0.2, 0.25) is 0 Å². The summed E-state index contributed by atoms with van der Waals surface area (Å²) < 4.78 is 1.55. The summed E-state index contributed by atoms with van der Waals surface area (Å²) in [5.41, 5.74) is 2.21. The molecule has 0 N–H and O–H groups in total. The lowest BCUT2D eigenvalue weighted by Gasteiger charge is -2.17. The highest BCUT2D eigenvalue weighted by atomic mass is 79.9. The Kier molecular flexibility index (Phi) is 5.50. The monoisotopic (exact) mass is 412 g/mol. The third kappa shape index (κ3) is 4.62. The number of hydrogen-bond donors (Lipinski definition) is 0. The van der Waals surface area contributed by atoms with Crippen LogP contribution < -0.4 is 0 Å². The van der Waals surface area contributed by atoms with E-state index in [1.165, 1.54) is 5.56 Å². The van der Waals surface area contributed by atoms with Crippen LogP contribution in [0.4, 0.5) is 5.69 Å². The van der Waals surface area contributed by atoms with Gasteiger partial charge in [-0.1, -0.05) is 34.1 Å². The van der Waals surface area contributed by atoms with Crippen molar-refractivity contribution in [3.05, 3.63) is 72.7 Å². The minimum atomic E-state index is -0.373. The molecule has 0 unspecified atom stereocenters. The average molecular weight is 414 g/mol. The first-order chi connectivity index (χ1) is 9.95.